The molecule has 0 amide bonds. The quantitative estimate of drug-likeness (QED) is 0.658. The van der Waals surface area contributed by atoms with Gasteiger partial charge in [0, 0.05) is 6.07 Å². The molecule has 2 aromatic rings. The number of hydrogen-bond acceptors (Lipinski definition) is 2. The molecule has 0 radical (unpaired) electrons. The molecule has 0 heterocycles. The van der Waals surface area contributed by atoms with Gasteiger partial charge in [0.15, 0.2) is 11.6 Å². The summed E-state index contributed by atoms with van der Waals surface area (Å²) in [6, 6.07) is 7.97. The van der Waals surface area contributed by atoms with E-state index in [0.717, 1.165) is 18.2 Å². The molecule has 0 aromatic heterocycles. The lowest BCUT2D eigenvalue weighted by Crippen LogP contribution is -2.13. The number of nitrogens with one attached hydrogen (secondary N) is 1. The van der Waals surface area contributed by atoms with Gasteiger partial charge in [-0.2, -0.15) is 0 Å². The minimum atomic E-state index is -0.681. The summed E-state index contributed by atoms with van der Waals surface area (Å²) in [6.07, 6.45) is 0. The van der Waals surface area contributed by atoms with Crippen LogP contribution in [0.4, 0.5) is 8.78 Å². The molecule has 0 aliphatic carbocycles. The zero-order valence-corrected chi connectivity index (χ0v) is 10.2. The van der Waals surface area contributed by atoms with Crippen LogP contribution in [0.5, 0.6) is 11.5 Å². The first kappa shape index (κ1) is 13.0. The lowest BCUT2D eigenvalue weighted by Gasteiger charge is -2.13. The second-order valence-electron chi connectivity index (χ2n) is 4.04. The SMILES string of the molecule is Cc1cccc(C(=N)N)c1Oc1cc(F)ccc1F. The fourth-order valence-electron chi connectivity index (χ4n) is 1.67. The average molecular weight is 262 g/mol. The summed E-state index contributed by atoms with van der Waals surface area (Å²) >= 11 is 0. The summed E-state index contributed by atoms with van der Waals surface area (Å²) in [4.78, 5) is 0. The second kappa shape index (κ2) is 5.06. The summed E-state index contributed by atoms with van der Waals surface area (Å²) in [5.41, 5.74) is 6.45. The Morgan fingerprint density at radius 2 is 1.95 bits per heavy atom. The third-order valence-electron chi connectivity index (χ3n) is 2.61. The third kappa shape index (κ3) is 2.70. The predicted octanol–water partition coefficient (Wildman–Crippen LogP) is 3.35. The van der Waals surface area contributed by atoms with Crippen LogP contribution in [0.25, 0.3) is 0 Å². The first-order valence-corrected chi connectivity index (χ1v) is 5.56. The molecule has 19 heavy (non-hydrogen) atoms. The van der Waals surface area contributed by atoms with Crippen molar-refractivity contribution >= 4 is 5.84 Å². The highest BCUT2D eigenvalue weighted by Gasteiger charge is 2.13. The van der Waals surface area contributed by atoms with Crippen molar-refractivity contribution in [2.45, 2.75) is 6.92 Å². The van der Waals surface area contributed by atoms with Gasteiger partial charge in [0.25, 0.3) is 0 Å². The molecule has 2 aromatic carbocycles. The number of para-hydroxylation sites is 1. The van der Waals surface area contributed by atoms with Crippen molar-refractivity contribution in [2.75, 3.05) is 0 Å². The Balaban J connectivity index is 2.49. The molecule has 5 heteroatoms. The number of rotatable bonds is 3. The molecule has 0 aliphatic heterocycles. The van der Waals surface area contributed by atoms with E-state index in [9.17, 15) is 8.78 Å². The van der Waals surface area contributed by atoms with Crippen LogP contribution >= 0.6 is 0 Å². The number of amidine groups is 1. The Labute approximate surface area is 109 Å². The molecule has 0 saturated heterocycles. The van der Waals surface area contributed by atoms with Gasteiger partial charge in [0.05, 0.1) is 5.56 Å². The molecule has 0 spiro atoms. The predicted molar refractivity (Wildman–Crippen MR) is 68.6 cm³/mol. The van der Waals surface area contributed by atoms with Crippen molar-refractivity contribution in [2.24, 2.45) is 5.73 Å². The van der Waals surface area contributed by atoms with Gasteiger partial charge in [-0.1, -0.05) is 12.1 Å². The average Bonchev–Trinajstić information content (AvgIpc) is 2.35. The molecule has 0 bridgehead atoms. The van der Waals surface area contributed by atoms with E-state index in [1.807, 2.05) is 0 Å². The molecule has 98 valence electrons. The monoisotopic (exact) mass is 262 g/mol. The lowest BCUT2D eigenvalue weighted by molar-refractivity contribution is 0.433. The van der Waals surface area contributed by atoms with E-state index in [2.05, 4.69) is 0 Å². The Bertz CT molecular complexity index is 641. The molecule has 0 saturated carbocycles. The fourth-order valence-corrected chi connectivity index (χ4v) is 1.67. The molecule has 2 rings (SSSR count). The van der Waals surface area contributed by atoms with Gasteiger partial charge in [0.1, 0.15) is 17.4 Å². The lowest BCUT2D eigenvalue weighted by atomic mass is 10.1. The number of hydrogen-bond donors (Lipinski definition) is 2. The van der Waals surface area contributed by atoms with Crippen molar-refractivity contribution in [1.82, 2.24) is 0 Å². The van der Waals surface area contributed by atoms with Crippen molar-refractivity contribution in [1.29, 1.82) is 5.41 Å². The van der Waals surface area contributed by atoms with Crippen molar-refractivity contribution in [3.63, 3.8) is 0 Å². The standard InChI is InChI=1S/C14H12F2N2O/c1-8-3-2-4-10(14(17)18)13(8)19-12-7-9(15)5-6-11(12)16/h2-7H,1H3,(H3,17,18). The van der Waals surface area contributed by atoms with Crippen LogP contribution in [-0.2, 0) is 0 Å². The zero-order chi connectivity index (χ0) is 14.0. The van der Waals surface area contributed by atoms with E-state index >= 15 is 0 Å². The van der Waals surface area contributed by atoms with E-state index in [-0.39, 0.29) is 17.3 Å². The van der Waals surface area contributed by atoms with Gasteiger partial charge < -0.3 is 10.5 Å². The maximum absolute atomic E-state index is 13.5. The first-order chi connectivity index (χ1) is 8.99. The summed E-state index contributed by atoms with van der Waals surface area (Å²) in [7, 11) is 0. The van der Waals surface area contributed by atoms with Crippen LogP contribution in [0.1, 0.15) is 11.1 Å². The summed E-state index contributed by atoms with van der Waals surface area (Å²) in [5.74, 6) is -1.47. The number of halogens is 2. The van der Waals surface area contributed by atoms with Crippen LogP contribution in [0.15, 0.2) is 36.4 Å². The number of ether oxygens (including phenoxy) is 1. The minimum Gasteiger partial charge on any atom is -0.453 e. The van der Waals surface area contributed by atoms with Gasteiger partial charge >= 0.3 is 0 Å². The number of benzene rings is 2. The maximum Gasteiger partial charge on any atom is 0.166 e. The topological polar surface area (TPSA) is 59.1 Å². The summed E-state index contributed by atoms with van der Waals surface area (Å²) in [6.45, 7) is 1.74. The third-order valence-corrected chi connectivity index (χ3v) is 2.61. The second-order valence-corrected chi connectivity index (χ2v) is 4.04. The summed E-state index contributed by atoms with van der Waals surface area (Å²) in [5, 5.41) is 7.46. The van der Waals surface area contributed by atoms with Crippen molar-refractivity contribution in [3.8, 4) is 11.5 Å². The highest BCUT2D eigenvalue weighted by atomic mass is 19.1. The van der Waals surface area contributed by atoms with Crippen LogP contribution in [0.2, 0.25) is 0 Å². The maximum atomic E-state index is 13.5. The number of nitrogens with two attached hydrogens (primary N) is 1. The Hall–Kier alpha value is -2.43. The highest BCUT2D eigenvalue weighted by Crippen LogP contribution is 2.30. The molecular formula is C14H12F2N2O. The first-order valence-electron chi connectivity index (χ1n) is 5.56. The minimum absolute atomic E-state index is 0.199. The van der Waals surface area contributed by atoms with E-state index in [4.69, 9.17) is 15.9 Å². The van der Waals surface area contributed by atoms with E-state index in [0.29, 0.717) is 11.1 Å². The Morgan fingerprint density at radius 3 is 2.63 bits per heavy atom. The fraction of sp³-hybridized carbons (Fsp3) is 0.0714. The number of aryl methyl sites for hydroxylation is 1. The van der Waals surface area contributed by atoms with E-state index in [1.54, 1.807) is 25.1 Å². The Morgan fingerprint density at radius 1 is 1.21 bits per heavy atom. The number of nitrogen functional groups attached to an aromatic ring is 1. The normalized spacial score (nSPS) is 10.3. The van der Waals surface area contributed by atoms with Gasteiger partial charge in [-0.05, 0) is 30.7 Å². The van der Waals surface area contributed by atoms with Crippen LogP contribution in [-0.4, -0.2) is 5.84 Å². The summed E-state index contributed by atoms with van der Waals surface area (Å²) < 4.78 is 32.0. The van der Waals surface area contributed by atoms with Gasteiger partial charge in [-0.15, -0.1) is 0 Å². The molecular weight excluding hydrogens is 250 g/mol. The van der Waals surface area contributed by atoms with Crippen molar-refractivity contribution in [3.05, 3.63) is 59.2 Å². The van der Waals surface area contributed by atoms with Crippen molar-refractivity contribution < 1.29 is 13.5 Å². The zero-order valence-electron chi connectivity index (χ0n) is 10.2. The molecule has 3 N–H and O–H groups in total. The largest absolute Gasteiger partial charge is 0.453 e. The Kier molecular flexibility index (Phi) is 3.46. The van der Waals surface area contributed by atoms with Crippen LogP contribution in [0, 0.1) is 24.0 Å². The molecule has 0 aliphatic rings. The van der Waals surface area contributed by atoms with Gasteiger partial charge in [-0.3, -0.25) is 5.41 Å². The molecule has 0 unspecified atom stereocenters. The van der Waals surface area contributed by atoms with Gasteiger partial charge in [0.2, 0.25) is 0 Å². The van der Waals surface area contributed by atoms with E-state index < -0.39 is 11.6 Å². The van der Waals surface area contributed by atoms with Crippen LogP contribution in [0.3, 0.4) is 0 Å². The van der Waals surface area contributed by atoms with E-state index in [1.165, 1.54) is 0 Å². The smallest absolute Gasteiger partial charge is 0.166 e. The highest BCUT2D eigenvalue weighted by molar-refractivity contribution is 5.98. The molecule has 3 nitrogen and oxygen atoms in total. The van der Waals surface area contributed by atoms with Crippen LogP contribution < -0.4 is 10.5 Å². The molecule has 0 atom stereocenters. The van der Waals surface area contributed by atoms with Gasteiger partial charge in [-0.25, -0.2) is 8.78 Å². The molecule has 0 fully saturated rings.